The molecule has 3 heteroatoms. The van der Waals surface area contributed by atoms with Crippen LogP contribution in [0.5, 0.6) is 0 Å². The van der Waals surface area contributed by atoms with E-state index in [4.69, 9.17) is 0 Å². The molecule has 0 atom stereocenters. The first-order valence-electron chi connectivity index (χ1n) is 6.25. The van der Waals surface area contributed by atoms with Crippen LogP contribution in [0.15, 0.2) is 17.5 Å². The molecule has 1 heterocycles. The Balaban J connectivity index is 1.76. The van der Waals surface area contributed by atoms with Crippen molar-refractivity contribution < 1.29 is 0 Å². The predicted octanol–water partition coefficient (Wildman–Crippen LogP) is 2.71. The van der Waals surface area contributed by atoms with E-state index in [1.165, 1.54) is 24.3 Å². The third kappa shape index (κ3) is 3.89. The molecular weight excluding hydrogens is 216 g/mol. The Kier molecular flexibility index (Phi) is 4.38. The molecule has 16 heavy (non-hydrogen) atoms. The summed E-state index contributed by atoms with van der Waals surface area (Å²) in [7, 11) is 0. The highest BCUT2D eigenvalue weighted by Crippen LogP contribution is 2.28. The second-order valence-electron chi connectivity index (χ2n) is 4.89. The van der Waals surface area contributed by atoms with E-state index in [2.05, 4.69) is 41.6 Å². The van der Waals surface area contributed by atoms with Crippen molar-refractivity contribution in [2.75, 3.05) is 13.1 Å². The third-order valence-electron chi connectivity index (χ3n) is 2.95. The van der Waals surface area contributed by atoms with Gasteiger partial charge in [-0.1, -0.05) is 19.9 Å². The molecule has 1 aromatic rings. The van der Waals surface area contributed by atoms with Gasteiger partial charge in [0.2, 0.25) is 0 Å². The maximum atomic E-state index is 3.50. The molecule has 0 bridgehead atoms. The minimum absolute atomic E-state index is 0.600. The highest BCUT2D eigenvalue weighted by molar-refractivity contribution is 7.09. The summed E-state index contributed by atoms with van der Waals surface area (Å²) < 4.78 is 0. The molecule has 1 aliphatic rings. The molecule has 0 spiro atoms. The number of hydrogen-bond acceptors (Lipinski definition) is 3. The van der Waals surface area contributed by atoms with E-state index in [9.17, 15) is 0 Å². The molecule has 0 aromatic carbocycles. The van der Waals surface area contributed by atoms with E-state index >= 15 is 0 Å². The van der Waals surface area contributed by atoms with E-state index in [0.29, 0.717) is 6.04 Å². The summed E-state index contributed by atoms with van der Waals surface area (Å²) >= 11 is 1.87. The van der Waals surface area contributed by atoms with Crippen LogP contribution in [0, 0.1) is 0 Å². The van der Waals surface area contributed by atoms with Crippen molar-refractivity contribution in [1.29, 1.82) is 0 Å². The molecule has 0 saturated heterocycles. The lowest BCUT2D eigenvalue weighted by atomic mass is 10.3. The standard InChI is InChI=1S/C13H22N2S/c1-11(2)14-7-8-15(12-5-6-12)10-13-4-3-9-16-13/h3-4,9,11-12,14H,5-8,10H2,1-2H3. The van der Waals surface area contributed by atoms with E-state index in [-0.39, 0.29) is 0 Å². The summed E-state index contributed by atoms with van der Waals surface area (Å²) in [6.45, 7) is 7.85. The number of hydrogen-bond donors (Lipinski definition) is 1. The smallest absolute Gasteiger partial charge is 0.0331 e. The number of nitrogens with one attached hydrogen (secondary N) is 1. The lowest BCUT2D eigenvalue weighted by molar-refractivity contribution is 0.254. The topological polar surface area (TPSA) is 15.3 Å². The van der Waals surface area contributed by atoms with Gasteiger partial charge in [0.1, 0.15) is 0 Å². The van der Waals surface area contributed by atoms with Gasteiger partial charge in [0.05, 0.1) is 0 Å². The van der Waals surface area contributed by atoms with Crippen LogP contribution in [0.4, 0.5) is 0 Å². The monoisotopic (exact) mass is 238 g/mol. The maximum absolute atomic E-state index is 3.50. The molecule has 1 aromatic heterocycles. The Bertz CT molecular complexity index is 291. The first kappa shape index (κ1) is 12.1. The van der Waals surface area contributed by atoms with Gasteiger partial charge in [0.15, 0.2) is 0 Å². The summed E-state index contributed by atoms with van der Waals surface area (Å²) in [6, 6.07) is 5.85. The quantitative estimate of drug-likeness (QED) is 0.786. The molecule has 1 fully saturated rings. The fraction of sp³-hybridized carbons (Fsp3) is 0.692. The van der Waals surface area contributed by atoms with E-state index in [1.54, 1.807) is 0 Å². The zero-order chi connectivity index (χ0) is 11.4. The van der Waals surface area contributed by atoms with Crippen LogP contribution >= 0.6 is 11.3 Å². The van der Waals surface area contributed by atoms with Crippen molar-refractivity contribution in [2.24, 2.45) is 0 Å². The first-order valence-corrected chi connectivity index (χ1v) is 7.13. The van der Waals surface area contributed by atoms with Crippen molar-refractivity contribution in [2.45, 2.75) is 45.3 Å². The van der Waals surface area contributed by atoms with Crippen LogP contribution < -0.4 is 5.32 Å². The summed E-state index contributed by atoms with van der Waals surface area (Å²) in [4.78, 5) is 4.12. The van der Waals surface area contributed by atoms with Gasteiger partial charge in [-0.2, -0.15) is 0 Å². The van der Waals surface area contributed by atoms with E-state index < -0.39 is 0 Å². The van der Waals surface area contributed by atoms with E-state index in [1.807, 2.05) is 11.3 Å². The minimum Gasteiger partial charge on any atom is -0.313 e. The number of rotatable bonds is 7. The predicted molar refractivity (Wildman–Crippen MR) is 70.9 cm³/mol. The van der Waals surface area contributed by atoms with Crippen LogP contribution in [0.1, 0.15) is 31.6 Å². The maximum Gasteiger partial charge on any atom is 0.0331 e. The SMILES string of the molecule is CC(C)NCCN(Cc1cccs1)C1CC1. The van der Waals surface area contributed by atoms with Gasteiger partial charge in [-0.15, -0.1) is 11.3 Å². The molecule has 90 valence electrons. The van der Waals surface area contributed by atoms with Crippen molar-refractivity contribution in [3.63, 3.8) is 0 Å². The van der Waals surface area contributed by atoms with Crippen LogP contribution in [0.3, 0.4) is 0 Å². The fourth-order valence-corrected chi connectivity index (χ4v) is 2.66. The second-order valence-corrected chi connectivity index (χ2v) is 5.92. The molecule has 1 saturated carbocycles. The lowest BCUT2D eigenvalue weighted by Gasteiger charge is -2.22. The molecule has 1 N–H and O–H groups in total. The summed E-state index contributed by atoms with van der Waals surface area (Å²) in [5, 5.41) is 5.67. The van der Waals surface area contributed by atoms with Crippen LogP contribution in [-0.4, -0.2) is 30.1 Å². The Morgan fingerprint density at radius 2 is 2.31 bits per heavy atom. The summed E-state index contributed by atoms with van der Waals surface area (Å²) in [6.07, 6.45) is 2.79. The van der Waals surface area contributed by atoms with E-state index in [0.717, 1.165) is 19.1 Å². The second kappa shape index (κ2) is 5.80. The average molecular weight is 238 g/mol. The average Bonchev–Trinajstić information content (AvgIpc) is 2.96. The Morgan fingerprint density at radius 3 is 2.88 bits per heavy atom. The Labute approximate surface area is 103 Å². The highest BCUT2D eigenvalue weighted by Gasteiger charge is 2.28. The van der Waals surface area contributed by atoms with Crippen molar-refractivity contribution in [1.82, 2.24) is 10.2 Å². The lowest BCUT2D eigenvalue weighted by Crippen LogP contribution is -2.35. The normalized spacial score (nSPS) is 16.2. The van der Waals surface area contributed by atoms with Crippen molar-refractivity contribution >= 4 is 11.3 Å². The van der Waals surface area contributed by atoms with Crippen molar-refractivity contribution in [3.05, 3.63) is 22.4 Å². The number of nitrogens with zero attached hydrogens (tertiary/aromatic N) is 1. The fourth-order valence-electron chi connectivity index (χ4n) is 1.93. The third-order valence-corrected chi connectivity index (χ3v) is 3.82. The van der Waals surface area contributed by atoms with Crippen LogP contribution in [0.2, 0.25) is 0 Å². The van der Waals surface area contributed by atoms with Gasteiger partial charge in [0.25, 0.3) is 0 Å². The minimum atomic E-state index is 0.600. The molecule has 2 rings (SSSR count). The molecule has 2 nitrogen and oxygen atoms in total. The molecular formula is C13H22N2S. The van der Waals surface area contributed by atoms with Gasteiger partial charge < -0.3 is 5.32 Å². The molecule has 0 unspecified atom stereocenters. The van der Waals surface area contributed by atoms with Gasteiger partial charge in [-0.25, -0.2) is 0 Å². The molecule has 0 radical (unpaired) electrons. The van der Waals surface area contributed by atoms with Gasteiger partial charge in [-0.05, 0) is 24.3 Å². The van der Waals surface area contributed by atoms with Gasteiger partial charge >= 0.3 is 0 Å². The summed E-state index contributed by atoms with van der Waals surface area (Å²) in [5.41, 5.74) is 0. The Morgan fingerprint density at radius 1 is 1.50 bits per heavy atom. The molecule has 0 aliphatic heterocycles. The largest absolute Gasteiger partial charge is 0.313 e. The van der Waals surface area contributed by atoms with Crippen LogP contribution in [0.25, 0.3) is 0 Å². The first-order chi connectivity index (χ1) is 7.75. The highest BCUT2D eigenvalue weighted by atomic mass is 32.1. The van der Waals surface area contributed by atoms with Crippen molar-refractivity contribution in [3.8, 4) is 0 Å². The van der Waals surface area contributed by atoms with Gasteiger partial charge in [-0.3, -0.25) is 4.90 Å². The zero-order valence-corrected chi connectivity index (χ0v) is 11.1. The Hall–Kier alpha value is -0.380. The number of thiophene rings is 1. The zero-order valence-electron chi connectivity index (χ0n) is 10.3. The molecule has 1 aliphatic carbocycles. The summed E-state index contributed by atoms with van der Waals surface area (Å²) in [5.74, 6) is 0. The van der Waals surface area contributed by atoms with Gasteiger partial charge in [0, 0.05) is 36.6 Å². The van der Waals surface area contributed by atoms with Crippen LogP contribution in [-0.2, 0) is 6.54 Å². The molecule has 0 amide bonds.